The molecule has 0 aliphatic heterocycles. The van der Waals surface area contributed by atoms with Gasteiger partial charge in [0.05, 0.1) is 9.95 Å². The van der Waals surface area contributed by atoms with Crippen molar-refractivity contribution in [1.82, 2.24) is 5.32 Å². The lowest BCUT2D eigenvalue weighted by Gasteiger charge is -2.08. The second-order valence-corrected chi connectivity index (χ2v) is 4.81. The zero-order chi connectivity index (χ0) is 16.8. The molecule has 0 aliphatic rings. The van der Waals surface area contributed by atoms with Crippen molar-refractivity contribution in [3.05, 3.63) is 69.2 Å². The Morgan fingerprint density at radius 1 is 1.17 bits per heavy atom. The van der Waals surface area contributed by atoms with Crippen molar-refractivity contribution in [3.63, 3.8) is 0 Å². The van der Waals surface area contributed by atoms with Crippen molar-refractivity contribution < 1.29 is 19.2 Å². The highest BCUT2D eigenvalue weighted by Crippen LogP contribution is 2.28. The fraction of sp³-hybridized carbons (Fsp3) is 0.0667. The lowest BCUT2D eigenvalue weighted by atomic mass is 10.2. The Balaban J connectivity index is 1.92. The number of ether oxygens (including phenoxy) is 1. The highest BCUT2D eigenvalue weighted by atomic mass is 35.5. The van der Waals surface area contributed by atoms with Crippen molar-refractivity contribution in [2.75, 3.05) is 6.61 Å². The number of halogens is 1. The minimum atomic E-state index is -0.659. The van der Waals surface area contributed by atoms with E-state index in [1.165, 1.54) is 12.1 Å². The number of hydrogen-bond donors (Lipinski definition) is 1. The summed E-state index contributed by atoms with van der Waals surface area (Å²) in [4.78, 5) is 33.4. The topological polar surface area (TPSA) is 98.5 Å². The average Bonchev–Trinajstić information content (AvgIpc) is 2.54. The fourth-order valence-electron chi connectivity index (χ4n) is 1.69. The van der Waals surface area contributed by atoms with Crippen LogP contribution in [0.1, 0.15) is 10.4 Å². The number of amides is 2. The molecular weight excluding hydrogens is 324 g/mol. The molecule has 0 fully saturated rings. The summed E-state index contributed by atoms with van der Waals surface area (Å²) in [5.74, 6) is -1.10. The minimum absolute atomic E-state index is 0.00128. The molecule has 0 bridgehead atoms. The Hall–Kier alpha value is -2.93. The van der Waals surface area contributed by atoms with Crippen molar-refractivity contribution in [1.29, 1.82) is 0 Å². The zero-order valence-corrected chi connectivity index (χ0v) is 12.4. The van der Waals surface area contributed by atoms with Crippen LogP contribution in [-0.2, 0) is 4.79 Å². The molecule has 23 heavy (non-hydrogen) atoms. The Morgan fingerprint density at radius 2 is 1.87 bits per heavy atom. The van der Waals surface area contributed by atoms with Gasteiger partial charge in [-0.1, -0.05) is 29.8 Å². The molecule has 0 aromatic heterocycles. The first-order valence-corrected chi connectivity index (χ1v) is 6.81. The second-order valence-electron chi connectivity index (χ2n) is 4.40. The van der Waals surface area contributed by atoms with Crippen molar-refractivity contribution in [2.24, 2.45) is 0 Å². The minimum Gasteiger partial charge on any atom is -0.482 e. The van der Waals surface area contributed by atoms with Crippen LogP contribution in [-0.4, -0.2) is 23.3 Å². The first kappa shape index (κ1) is 16.4. The van der Waals surface area contributed by atoms with Crippen molar-refractivity contribution in [3.8, 4) is 5.75 Å². The maximum absolute atomic E-state index is 11.8. The van der Waals surface area contributed by atoms with Gasteiger partial charge in [0.15, 0.2) is 6.61 Å². The molecule has 7 nitrogen and oxygen atoms in total. The number of nitrogens with one attached hydrogen (secondary N) is 1. The molecule has 2 aromatic carbocycles. The van der Waals surface area contributed by atoms with Crippen LogP contribution in [0.5, 0.6) is 5.75 Å². The third-order valence-corrected chi connectivity index (χ3v) is 3.07. The van der Waals surface area contributed by atoms with Crippen LogP contribution >= 0.6 is 11.6 Å². The Bertz CT molecular complexity index is 749. The number of nitrogens with zero attached hydrogens (tertiary/aromatic N) is 1. The summed E-state index contributed by atoms with van der Waals surface area (Å²) < 4.78 is 5.15. The predicted octanol–water partition coefficient (Wildman–Crippen LogP) is 2.58. The number of non-ortho nitro benzene ring substituents is 1. The highest BCUT2D eigenvalue weighted by molar-refractivity contribution is 6.32. The number of rotatable bonds is 5. The van der Waals surface area contributed by atoms with Gasteiger partial charge >= 0.3 is 0 Å². The lowest BCUT2D eigenvalue weighted by molar-refractivity contribution is -0.384. The monoisotopic (exact) mass is 334 g/mol. The summed E-state index contributed by atoms with van der Waals surface area (Å²) >= 11 is 5.83. The van der Waals surface area contributed by atoms with Gasteiger partial charge in [-0.05, 0) is 18.2 Å². The molecule has 2 aromatic rings. The molecule has 0 unspecified atom stereocenters. The van der Waals surface area contributed by atoms with Gasteiger partial charge in [0.1, 0.15) is 5.75 Å². The molecule has 0 saturated heterocycles. The molecule has 2 amide bonds. The number of hydrogen-bond acceptors (Lipinski definition) is 5. The van der Waals surface area contributed by atoms with E-state index in [0.29, 0.717) is 5.56 Å². The van der Waals surface area contributed by atoms with Gasteiger partial charge in [-0.25, -0.2) is 0 Å². The summed E-state index contributed by atoms with van der Waals surface area (Å²) in [6.45, 7) is -0.448. The van der Waals surface area contributed by atoms with E-state index in [4.69, 9.17) is 16.3 Å². The normalized spacial score (nSPS) is 9.96. The van der Waals surface area contributed by atoms with Gasteiger partial charge < -0.3 is 4.74 Å². The summed E-state index contributed by atoms with van der Waals surface area (Å²) in [5, 5.41) is 12.8. The molecular formula is C15H11ClN2O5. The van der Waals surface area contributed by atoms with E-state index in [-0.39, 0.29) is 16.5 Å². The van der Waals surface area contributed by atoms with Crippen LogP contribution in [0.4, 0.5) is 5.69 Å². The van der Waals surface area contributed by atoms with Gasteiger partial charge in [-0.15, -0.1) is 0 Å². The zero-order valence-electron chi connectivity index (χ0n) is 11.7. The van der Waals surface area contributed by atoms with E-state index >= 15 is 0 Å². The third kappa shape index (κ3) is 4.52. The second kappa shape index (κ2) is 7.37. The SMILES string of the molecule is O=C(COc1ccc([N+](=O)[O-])cc1Cl)NC(=O)c1ccccc1. The molecule has 2 rings (SSSR count). The highest BCUT2D eigenvalue weighted by Gasteiger charge is 2.13. The van der Waals surface area contributed by atoms with Gasteiger partial charge in [-0.3, -0.25) is 25.0 Å². The van der Waals surface area contributed by atoms with Crippen LogP contribution in [0.15, 0.2) is 48.5 Å². The standard InChI is InChI=1S/C15H11ClN2O5/c16-12-8-11(18(21)22)6-7-13(12)23-9-14(19)17-15(20)10-4-2-1-3-5-10/h1-8H,9H2,(H,17,19,20). The van der Waals surface area contributed by atoms with Crippen LogP contribution in [0, 0.1) is 10.1 Å². The summed E-state index contributed by atoms with van der Waals surface area (Å²) in [6, 6.07) is 11.8. The third-order valence-electron chi connectivity index (χ3n) is 2.77. The summed E-state index contributed by atoms with van der Waals surface area (Å²) in [7, 11) is 0. The quantitative estimate of drug-likeness (QED) is 0.669. The molecule has 0 heterocycles. The van der Waals surface area contributed by atoms with E-state index in [2.05, 4.69) is 5.32 Å². The van der Waals surface area contributed by atoms with Crippen LogP contribution in [0.2, 0.25) is 5.02 Å². The first-order valence-electron chi connectivity index (χ1n) is 6.43. The molecule has 118 valence electrons. The number of carbonyl (C=O) groups excluding carboxylic acids is 2. The van der Waals surface area contributed by atoms with Gasteiger partial charge in [0.25, 0.3) is 17.5 Å². The number of imide groups is 1. The van der Waals surface area contributed by atoms with E-state index < -0.39 is 23.3 Å². The van der Waals surface area contributed by atoms with E-state index in [1.54, 1.807) is 30.3 Å². The largest absolute Gasteiger partial charge is 0.482 e. The Morgan fingerprint density at radius 3 is 2.48 bits per heavy atom. The molecule has 1 N–H and O–H groups in total. The number of benzene rings is 2. The lowest BCUT2D eigenvalue weighted by Crippen LogP contribution is -2.34. The van der Waals surface area contributed by atoms with E-state index in [9.17, 15) is 19.7 Å². The first-order chi connectivity index (χ1) is 11.0. The Labute approximate surface area is 136 Å². The summed E-state index contributed by atoms with van der Waals surface area (Å²) in [6.07, 6.45) is 0. The maximum Gasteiger partial charge on any atom is 0.271 e. The smallest absolute Gasteiger partial charge is 0.271 e. The number of nitro benzene ring substituents is 1. The molecule has 0 radical (unpaired) electrons. The molecule has 0 aliphatic carbocycles. The van der Waals surface area contributed by atoms with Gasteiger partial charge in [-0.2, -0.15) is 0 Å². The summed E-state index contributed by atoms with van der Waals surface area (Å²) in [5.41, 5.74) is 0.153. The Kier molecular flexibility index (Phi) is 5.27. The predicted molar refractivity (Wildman–Crippen MR) is 82.5 cm³/mol. The van der Waals surface area contributed by atoms with Crippen LogP contribution in [0.3, 0.4) is 0 Å². The van der Waals surface area contributed by atoms with Crippen LogP contribution < -0.4 is 10.1 Å². The maximum atomic E-state index is 11.8. The van der Waals surface area contributed by atoms with Gasteiger partial charge in [0.2, 0.25) is 0 Å². The number of nitro groups is 1. The number of carbonyl (C=O) groups is 2. The average molecular weight is 335 g/mol. The fourth-order valence-corrected chi connectivity index (χ4v) is 1.92. The molecule has 0 atom stereocenters. The van der Waals surface area contributed by atoms with Crippen molar-refractivity contribution >= 4 is 29.1 Å². The van der Waals surface area contributed by atoms with Gasteiger partial charge in [0, 0.05) is 17.7 Å². The van der Waals surface area contributed by atoms with E-state index in [1.807, 2.05) is 0 Å². The molecule has 0 spiro atoms. The van der Waals surface area contributed by atoms with Crippen molar-refractivity contribution in [2.45, 2.75) is 0 Å². The molecule has 0 saturated carbocycles. The molecule has 8 heteroatoms. The van der Waals surface area contributed by atoms with Crippen LogP contribution in [0.25, 0.3) is 0 Å². The van der Waals surface area contributed by atoms with E-state index in [0.717, 1.165) is 6.07 Å².